The highest BCUT2D eigenvalue weighted by Gasteiger charge is 2.15. The van der Waals surface area contributed by atoms with Crippen molar-refractivity contribution in [3.8, 4) is 23.0 Å². The summed E-state index contributed by atoms with van der Waals surface area (Å²) < 4.78 is 16.1. The van der Waals surface area contributed by atoms with Gasteiger partial charge in [-0.3, -0.25) is 0 Å². The summed E-state index contributed by atoms with van der Waals surface area (Å²) in [5, 5.41) is 3.86. The van der Waals surface area contributed by atoms with E-state index in [2.05, 4.69) is 15.1 Å². The van der Waals surface area contributed by atoms with Crippen LogP contribution in [0.5, 0.6) is 11.5 Å². The number of nitrogens with one attached hydrogen (secondary N) is 1. The van der Waals surface area contributed by atoms with Gasteiger partial charge in [0.1, 0.15) is 12.0 Å². The van der Waals surface area contributed by atoms with Gasteiger partial charge < -0.3 is 19.0 Å². The van der Waals surface area contributed by atoms with Crippen LogP contribution in [0.25, 0.3) is 22.6 Å². The van der Waals surface area contributed by atoms with Crippen molar-refractivity contribution in [1.82, 2.24) is 15.1 Å². The summed E-state index contributed by atoms with van der Waals surface area (Å²) in [7, 11) is 0. The summed E-state index contributed by atoms with van der Waals surface area (Å²) in [6.07, 6.45) is 2.41. The number of ether oxygens (including phenoxy) is 2. The second kappa shape index (κ2) is 4.01. The Morgan fingerprint density at radius 2 is 1.95 bits per heavy atom. The Kier molecular flexibility index (Phi) is 2.20. The molecule has 1 N–H and O–H groups in total. The third-order valence-electron chi connectivity index (χ3n) is 3.03. The Hall–Kier alpha value is -2.50. The minimum Gasteiger partial charge on any atom is -0.489 e. The highest BCUT2D eigenvalue weighted by Crippen LogP contribution is 2.34. The molecule has 6 heteroatoms. The number of aromatic amines is 1. The molecule has 0 bridgehead atoms. The van der Waals surface area contributed by atoms with Gasteiger partial charge in [-0.1, -0.05) is 5.16 Å². The van der Waals surface area contributed by atoms with Crippen LogP contribution in [0.15, 0.2) is 29.0 Å². The fraction of sp³-hybridized carbons (Fsp3) is 0.231. The number of imidazole rings is 1. The average Bonchev–Trinajstić information content (AvgIpc) is 3.01. The third kappa shape index (κ3) is 1.72. The van der Waals surface area contributed by atoms with E-state index in [-0.39, 0.29) is 0 Å². The lowest BCUT2D eigenvalue weighted by molar-refractivity contribution is 0.297. The first kappa shape index (κ1) is 10.4. The van der Waals surface area contributed by atoms with Gasteiger partial charge >= 0.3 is 0 Å². The molecule has 0 aliphatic carbocycles. The van der Waals surface area contributed by atoms with Gasteiger partial charge in [0.2, 0.25) is 0 Å². The Morgan fingerprint density at radius 1 is 1.11 bits per heavy atom. The maximum Gasteiger partial charge on any atom is 0.163 e. The molecule has 0 atom stereocenters. The monoisotopic (exact) mass is 257 g/mol. The van der Waals surface area contributed by atoms with Gasteiger partial charge in [0, 0.05) is 24.6 Å². The van der Waals surface area contributed by atoms with Gasteiger partial charge in [-0.05, 0) is 0 Å². The van der Waals surface area contributed by atoms with Crippen LogP contribution in [0.2, 0.25) is 0 Å². The fourth-order valence-corrected chi connectivity index (χ4v) is 2.12. The summed E-state index contributed by atoms with van der Waals surface area (Å²) in [4.78, 5) is 7.68. The van der Waals surface area contributed by atoms with E-state index in [0.717, 1.165) is 29.0 Å². The van der Waals surface area contributed by atoms with E-state index in [0.29, 0.717) is 24.7 Å². The molecule has 0 radical (unpaired) electrons. The molecule has 96 valence electrons. The largest absolute Gasteiger partial charge is 0.489 e. The molecule has 3 aromatic rings. The van der Waals surface area contributed by atoms with Gasteiger partial charge in [-0.2, -0.15) is 0 Å². The van der Waals surface area contributed by atoms with E-state index < -0.39 is 0 Å². The Morgan fingerprint density at radius 3 is 2.74 bits per heavy atom. The minimum atomic E-state index is 0.666. The van der Waals surface area contributed by atoms with Crippen molar-refractivity contribution >= 4 is 11.0 Å². The van der Waals surface area contributed by atoms with Gasteiger partial charge in [0.15, 0.2) is 17.3 Å². The highest BCUT2D eigenvalue weighted by atomic mass is 16.5. The molecule has 1 aromatic carbocycles. The van der Waals surface area contributed by atoms with Crippen LogP contribution in [0, 0.1) is 0 Å². The highest BCUT2D eigenvalue weighted by molar-refractivity contribution is 5.82. The molecule has 0 unspecified atom stereocenters. The number of nitrogens with zero attached hydrogens (tertiary/aromatic N) is 2. The second-order valence-corrected chi connectivity index (χ2v) is 4.34. The predicted molar refractivity (Wildman–Crippen MR) is 67.2 cm³/mol. The fourth-order valence-electron chi connectivity index (χ4n) is 2.12. The van der Waals surface area contributed by atoms with E-state index in [1.165, 1.54) is 6.26 Å². The maximum absolute atomic E-state index is 5.65. The second-order valence-electron chi connectivity index (χ2n) is 4.34. The first-order chi connectivity index (χ1) is 9.40. The van der Waals surface area contributed by atoms with Gasteiger partial charge in [0.05, 0.1) is 24.2 Å². The first-order valence-corrected chi connectivity index (χ1v) is 6.10. The maximum atomic E-state index is 5.65. The number of benzene rings is 1. The molecule has 4 rings (SSSR count). The standard InChI is InChI=1S/C13H11N3O3/c1-3-17-11-6-9-10(7-12(11)18-4-1)15-13(14-9)8-2-5-19-16-8/h2,5-7H,1,3-4H2,(H,14,15). The molecule has 0 saturated carbocycles. The van der Waals surface area contributed by atoms with Crippen LogP contribution < -0.4 is 9.47 Å². The molecule has 0 saturated heterocycles. The van der Waals surface area contributed by atoms with E-state index in [9.17, 15) is 0 Å². The molecule has 3 heterocycles. The molecule has 1 aliphatic heterocycles. The van der Waals surface area contributed by atoms with Gasteiger partial charge in [0.25, 0.3) is 0 Å². The van der Waals surface area contributed by atoms with Crippen LogP contribution >= 0.6 is 0 Å². The zero-order chi connectivity index (χ0) is 12.7. The summed E-state index contributed by atoms with van der Waals surface area (Å²) in [5.41, 5.74) is 2.39. The zero-order valence-electron chi connectivity index (χ0n) is 10.0. The number of H-pyrrole nitrogens is 1. The number of hydrogen-bond acceptors (Lipinski definition) is 5. The summed E-state index contributed by atoms with van der Waals surface area (Å²) in [6, 6.07) is 5.55. The summed E-state index contributed by atoms with van der Waals surface area (Å²) in [6.45, 7) is 1.34. The molecule has 2 aromatic heterocycles. The summed E-state index contributed by atoms with van der Waals surface area (Å²) >= 11 is 0. The van der Waals surface area contributed by atoms with Gasteiger partial charge in [-0.15, -0.1) is 0 Å². The smallest absolute Gasteiger partial charge is 0.163 e. The normalized spacial score (nSPS) is 14.5. The Bertz CT molecular complexity index is 675. The number of aromatic nitrogens is 3. The van der Waals surface area contributed by atoms with Crippen molar-refractivity contribution in [2.75, 3.05) is 13.2 Å². The van der Waals surface area contributed by atoms with Crippen LogP contribution in [0.3, 0.4) is 0 Å². The summed E-state index contributed by atoms with van der Waals surface area (Å²) in [5.74, 6) is 2.16. The number of rotatable bonds is 1. The van der Waals surface area contributed by atoms with E-state index in [1.807, 2.05) is 12.1 Å². The lowest BCUT2D eigenvalue weighted by Gasteiger charge is -2.05. The van der Waals surface area contributed by atoms with Crippen LogP contribution in [0.4, 0.5) is 0 Å². The average molecular weight is 257 g/mol. The van der Waals surface area contributed by atoms with E-state index in [1.54, 1.807) is 6.07 Å². The molecule has 6 nitrogen and oxygen atoms in total. The van der Waals surface area contributed by atoms with Crippen LogP contribution in [-0.2, 0) is 0 Å². The zero-order valence-corrected chi connectivity index (χ0v) is 10.0. The minimum absolute atomic E-state index is 0.666. The van der Waals surface area contributed by atoms with Gasteiger partial charge in [-0.25, -0.2) is 4.98 Å². The third-order valence-corrected chi connectivity index (χ3v) is 3.03. The van der Waals surface area contributed by atoms with Crippen molar-refractivity contribution < 1.29 is 14.0 Å². The van der Waals surface area contributed by atoms with Crippen LogP contribution in [-0.4, -0.2) is 28.3 Å². The quantitative estimate of drug-likeness (QED) is 0.724. The van der Waals surface area contributed by atoms with Crippen molar-refractivity contribution in [1.29, 1.82) is 0 Å². The molecule has 0 fully saturated rings. The first-order valence-electron chi connectivity index (χ1n) is 6.10. The van der Waals surface area contributed by atoms with Crippen molar-refractivity contribution in [3.05, 3.63) is 24.5 Å². The van der Waals surface area contributed by atoms with Crippen LogP contribution in [0.1, 0.15) is 6.42 Å². The molecule has 0 spiro atoms. The molecular weight excluding hydrogens is 246 g/mol. The molecule has 1 aliphatic rings. The SMILES string of the molecule is c1cc(-c2nc3cc4c(cc3[nH]2)OCCCO4)no1. The predicted octanol–water partition coefficient (Wildman–Crippen LogP) is 2.38. The number of hydrogen-bond donors (Lipinski definition) is 1. The Balaban J connectivity index is 1.86. The van der Waals surface area contributed by atoms with Crippen molar-refractivity contribution in [2.45, 2.75) is 6.42 Å². The van der Waals surface area contributed by atoms with E-state index in [4.69, 9.17) is 14.0 Å². The topological polar surface area (TPSA) is 73.2 Å². The van der Waals surface area contributed by atoms with Crippen molar-refractivity contribution in [3.63, 3.8) is 0 Å². The van der Waals surface area contributed by atoms with Crippen molar-refractivity contribution in [2.24, 2.45) is 0 Å². The molecule has 0 amide bonds. The molecule has 19 heavy (non-hydrogen) atoms. The molecular formula is C13H11N3O3. The Labute approximate surface area is 108 Å². The van der Waals surface area contributed by atoms with E-state index >= 15 is 0 Å². The lowest BCUT2D eigenvalue weighted by atomic mass is 10.3. The number of fused-ring (bicyclic) bond motifs is 2. The lowest BCUT2D eigenvalue weighted by Crippen LogP contribution is -1.97.